The number of rotatable bonds is 4. The van der Waals surface area contributed by atoms with Crippen LogP contribution in [0.2, 0.25) is 0 Å². The molecule has 26 heavy (non-hydrogen) atoms. The Morgan fingerprint density at radius 1 is 1.12 bits per heavy atom. The number of aryl methyl sites for hydroxylation is 1. The molecule has 8 nitrogen and oxygen atoms in total. The van der Waals surface area contributed by atoms with Gasteiger partial charge in [0.2, 0.25) is 0 Å². The van der Waals surface area contributed by atoms with Crippen molar-refractivity contribution in [2.45, 2.75) is 31.8 Å². The van der Waals surface area contributed by atoms with E-state index in [-0.39, 0.29) is 6.04 Å². The Labute approximate surface area is 149 Å². The minimum atomic E-state index is 0.259. The number of nitrogens with one attached hydrogen (secondary N) is 2. The lowest BCUT2D eigenvalue weighted by molar-refractivity contribution is 0.466. The number of aromatic nitrogens is 7. The van der Waals surface area contributed by atoms with E-state index in [9.17, 15) is 0 Å². The Balaban J connectivity index is 1.38. The molecule has 1 unspecified atom stereocenters. The van der Waals surface area contributed by atoms with E-state index >= 15 is 0 Å². The summed E-state index contributed by atoms with van der Waals surface area (Å²) in [7, 11) is 0. The molecule has 8 heteroatoms. The van der Waals surface area contributed by atoms with Gasteiger partial charge in [0.25, 0.3) is 0 Å². The highest BCUT2D eigenvalue weighted by Crippen LogP contribution is 2.22. The lowest BCUT2D eigenvalue weighted by Gasteiger charge is -2.25. The SMILES string of the molecule is c1ccc(Cc2nnc3n2CC(Nc2ncnc4nc[nH]c24)CC3)cc1. The van der Waals surface area contributed by atoms with E-state index < -0.39 is 0 Å². The number of nitrogens with zero attached hydrogens (tertiary/aromatic N) is 6. The third kappa shape index (κ3) is 2.69. The summed E-state index contributed by atoms with van der Waals surface area (Å²) in [4.78, 5) is 15.8. The van der Waals surface area contributed by atoms with Gasteiger partial charge in [-0.1, -0.05) is 30.3 Å². The Bertz CT molecular complexity index is 1040. The van der Waals surface area contributed by atoms with Crippen LogP contribution in [0.25, 0.3) is 11.2 Å². The van der Waals surface area contributed by atoms with Crippen molar-refractivity contribution in [3.8, 4) is 0 Å². The molecule has 0 fully saturated rings. The molecule has 0 bridgehead atoms. The highest BCUT2D eigenvalue weighted by Gasteiger charge is 2.23. The van der Waals surface area contributed by atoms with Gasteiger partial charge < -0.3 is 14.9 Å². The number of imidazole rings is 1. The summed E-state index contributed by atoms with van der Waals surface area (Å²) in [5, 5.41) is 12.3. The molecule has 3 aromatic heterocycles. The largest absolute Gasteiger partial charge is 0.364 e. The quantitative estimate of drug-likeness (QED) is 0.586. The number of benzene rings is 1. The third-order valence-electron chi connectivity index (χ3n) is 4.79. The van der Waals surface area contributed by atoms with Gasteiger partial charge in [0.15, 0.2) is 11.5 Å². The van der Waals surface area contributed by atoms with Crippen LogP contribution in [0.4, 0.5) is 5.82 Å². The van der Waals surface area contributed by atoms with Crippen molar-refractivity contribution >= 4 is 17.0 Å². The highest BCUT2D eigenvalue weighted by molar-refractivity contribution is 5.82. The summed E-state index contributed by atoms with van der Waals surface area (Å²) in [6, 6.07) is 10.6. The average Bonchev–Trinajstić information content (AvgIpc) is 3.31. The molecule has 0 amide bonds. The van der Waals surface area contributed by atoms with Crippen LogP contribution in [0.15, 0.2) is 43.0 Å². The van der Waals surface area contributed by atoms with Gasteiger partial charge in [-0.15, -0.1) is 10.2 Å². The normalized spacial score (nSPS) is 16.5. The van der Waals surface area contributed by atoms with Crippen molar-refractivity contribution in [3.63, 3.8) is 0 Å². The first-order chi connectivity index (χ1) is 12.9. The molecule has 1 aliphatic rings. The van der Waals surface area contributed by atoms with Crippen molar-refractivity contribution in [2.24, 2.45) is 0 Å². The molecule has 1 atom stereocenters. The molecule has 4 aromatic rings. The zero-order valence-electron chi connectivity index (χ0n) is 14.1. The molecule has 0 aliphatic carbocycles. The number of fused-ring (bicyclic) bond motifs is 2. The fourth-order valence-electron chi connectivity index (χ4n) is 3.48. The maximum absolute atomic E-state index is 4.42. The van der Waals surface area contributed by atoms with Gasteiger partial charge in [0, 0.05) is 25.4 Å². The molecule has 0 spiro atoms. The number of hydrogen-bond donors (Lipinski definition) is 2. The minimum absolute atomic E-state index is 0.259. The van der Waals surface area contributed by atoms with Gasteiger partial charge in [-0.05, 0) is 12.0 Å². The second-order valence-corrected chi connectivity index (χ2v) is 6.51. The van der Waals surface area contributed by atoms with Crippen LogP contribution in [0, 0.1) is 0 Å². The van der Waals surface area contributed by atoms with E-state index in [2.05, 4.69) is 64.3 Å². The first-order valence-electron chi connectivity index (χ1n) is 8.72. The van der Waals surface area contributed by atoms with Crippen LogP contribution in [0.5, 0.6) is 0 Å². The van der Waals surface area contributed by atoms with Crippen molar-refractivity contribution in [3.05, 3.63) is 60.2 Å². The van der Waals surface area contributed by atoms with E-state index in [0.29, 0.717) is 5.65 Å². The van der Waals surface area contributed by atoms with Crippen molar-refractivity contribution < 1.29 is 0 Å². The Hall–Kier alpha value is -3.29. The van der Waals surface area contributed by atoms with Gasteiger partial charge in [0.1, 0.15) is 23.5 Å². The fourth-order valence-corrected chi connectivity index (χ4v) is 3.48. The van der Waals surface area contributed by atoms with Crippen LogP contribution >= 0.6 is 0 Å². The minimum Gasteiger partial charge on any atom is -0.364 e. The topological polar surface area (TPSA) is 97.2 Å². The van der Waals surface area contributed by atoms with Crippen LogP contribution in [0.3, 0.4) is 0 Å². The Morgan fingerprint density at radius 2 is 2.04 bits per heavy atom. The van der Waals surface area contributed by atoms with Crippen LogP contribution in [-0.2, 0) is 19.4 Å². The third-order valence-corrected chi connectivity index (χ3v) is 4.79. The fraction of sp³-hybridized carbons (Fsp3) is 0.278. The standard InChI is InChI=1S/C18H18N8/c1-2-4-12(5-3-1)8-15-25-24-14-7-6-13(9-26(14)15)23-18-16-17(20-10-19-16)21-11-22-18/h1-5,10-11,13H,6-9H2,(H2,19,20,21,22,23). The maximum Gasteiger partial charge on any atom is 0.182 e. The first kappa shape index (κ1) is 15.0. The molecule has 5 rings (SSSR count). The summed E-state index contributed by atoms with van der Waals surface area (Å²) in [6.45, 7) is 0.824. The zero-order chi connectivity index (χ0) is 17.3. The van der Waals surface area contributed by atoms with E-state index in [1.165, 1.54) is 5.56 Å². The zero-order valence-corrected chi connectivity index (χ0v) is 14.1. The van der Waals surface area contributed by atoms with Crippen molar-refractivity contribution in [1.82, 2.24) is 34.7 Å². The second kappa shape index (κ2) is 6.21. The van der Waals surface area contributed by atoms with Crippen molar-refractivity contribution in [2.75, 3.05) is 5.32 Å². The smallest absolute Gasteiger partial charge is 0.182 e. The van der Waals surface area contributed by atoms with E-state index in [0.717, 1.165) is 48.8 Å². The Kier molecular flexibility index (Phi) is 3.59. The van der Waals surface area contributed by atoms with Gasteiger partial charge in [-0.25, -0.2) is 15.0 Å². The molecule has 1 aliphatic heterocycles. The molecule has 4 heterocycles. The van der Waals surface area contributed by atoms with Crippen LogP contribution in [0.1, 0.15) is 23.6 Å². The molecule has 130 valence electrons. The van der Waals surface area contributed by atoms with Crippen LogP contribution < -0.4 is 5.32 Å². The predicted molar refractivity (Wildman–Crippen MR) is 96.7 cm³/mol. The summed E-state index contributed by atoms with van der Waals surface area (Å²) >= 11 is 0. The molecule has 0 radical (unpaired) electrons. The lowest BCUT2D eigenvalue weighted by atomic mass is 10.1. The number of hydrogen-bond acceptors (Lipinski definition) is 6. The molecular formula is C18H18N8. The van der Waals surface area contributed by atoms with Gasteiger partial charge in [-0.2, -0.15) is 0 Å². The first-order valence-corrected chi connectivity index (χ1v) is 8.72. The summed E-state index contributed by atoms with van der Waals surface area (Å²) in [5.74, 6) is 2.86. The highest BCUT2D eigenvalue weighted by atomic mass is 15.3. The van der Waals surface area contributed by atoms with Gasteiger partial charge >= 0.3 is 0 Å². The number of H-pyrrole nitrogens is 1. The summed E-state index contributed by atoms with van der Waals surface area (Å²) < 4.78 is 2.24. The second-order valence-electron chi connectivity index (χ2n) is 6.51. The Morgan fingerprint density at radius 3 is 2.96 bits per heavy atom. The number of aromatic amines is 1. The summed E-state index contributed by atoms with van der Waals surface area (Å²) in [6.07, 6.45) is 5.86. The predicted octanol–water partition coefficient (Wildman–Crippen LogP) is 1.96. The van der Waals surface area contributed by atoms with E-state index in [1.807, 2.05) is 6.07 Å². The molecule has 0 saturated heterocycles. The van der Waals surface area contributed by atoms with E-state index in [1.54, 1.807) is 12.7 Å². The van der Waals surface area contributed by atoms with Gasteiger partial charge in [0.05, 0.1) is 6.33 Å². The monoisotopic (exact) mass is 346 g/mol. The summed E-state index contributed by atoms with van der Waals surface area (Å²) in [5.41, 5.74) is 2.76. The lowest BCUT2D eigenvalue weighted by Crippen LogP contribution is -2.32. The van der Waals surface area contributed by atoms with Crippen LogP contribution in [-0.4, -0.2) is 40.7 Å². The van der Waals surface area contributed by atoms with Gasteiger partial charge in [-0.3, -0.25) is 0 Å². The van der Waals surface area contributed by atoms with E-state index in [4.69, 9.17) is 0 Å². The molecular weight excluding hydrogens is 328 g/mol. The maximum atomic E-state index is 4.42. The molecule has 2 N–H and O–H groups in total. The molecule has 1 aromatic carbocycles. The number of anilines is 1. The van der Waals surface area contributed by atoms with Crippen molar-refractivity contribution in [1.29, 1.82) is 0 Å². The average molecular weight is 346 g/mol. The molecule has 0 saturated carbocycles.